The van der Waals surface area contributed by atoms with Crippen molar-refractivity contribution in [3.63, 3.8) is 0 Å². The van der Waals surface area contributed by atoms with Gasteiger partial charge in [0.15, 0.2) is 0 Å². The maximum absolute atomic E-state index is 10.3. The average Bonchev–Trinajstić information content (AvgIpc) is 2.65. The van der Waals surface area contributed by atoms with E-state index in [1.54, 1.807) is 0 Å². The molecule has 166 valence electrons. The molecule has 0 amide bonds. The second kappa shape index (κ2) is 9.27. The fourth-order valence-electron chi connectivity index (χ4n) is 3.72. The molecule has 0 aliphatic heterocycles. The minimum atomic E-state index is -0.533. The smallest absolute Gasteiger partial charge is 0.131 e. The van der Waals surface area contributed by atoms with Gasteiger partial charge in [0.05, 0.1) is 18.8 Å². The van der Waals surface area contributed by atoms with Crippen molar-refractivity contribution in [1.29, 1.82) is 0 Å². The molecule has 0 spiro atoms. The predicted molar refractivity (Wildman–Crippen MR) is 119 cm³/mol. The van der Waals surface area contributed by atoms with Crippen LogP contribution in [0.2, 0.25) is 0 Å². The van der Waals surface area contributed by atoms with Crippen molar-refractivity contribution in [2.75, 3.05) is 0 Å². The third-order valence-corrected chi connectivity index (χ3v) is 5.40. The number of aromatic hydroxyl groups is 2. The van der Waals surface area contributed by atoms with Crippen molar-refractivity contribution in [2.45, 2.75) is 73.7 Å². The van der Waals surface area contributed by atoms with Gasteiger partial charge in [-0.05, 0) is 46.9 Å². The van der Waals surface area contributed by atoms with E-state index >= 15 is 0 Å². The molecule has 0 saturated carbocycles. The van der Waals surface area contributed by atoms with Crippen LogP contribution in [0.25, 0.3) is 0 Å². The van der Waals surface area contributed by atoms with Crippen molar-refractivity contribution >= 4 is 0 Å². The van der Waals surface area contributed by atoms with Crippen LogP contribution < -0.4 is 4.74 Å². The van der Waals surface area contributed by atoms with Crippen molar-refractivity contribution in [3.05, 3.63) is 52.6 Å². The van der Waals surface area contributed by atoms with Crippen LogP contribution in [0.1, 0.15) is 76.1 Å². The number of hydrogen-bond donors (Lipinski definition) is 4. The highest BCUT2D eigenvalue weighted by Gasteiger charge is 2.30. The lowest BCUT2D eigenvalue weighted by atomic mass is 9.69. The van der Waals surface area contributed by atoms with E-state index in [4.69, 9.17) is 4.74 Å². The number of aliphatic hydroxyl groups excluding tert-OH is 2. The summed E-state index contributed by atoms with van der Waals surface area (Å²) in [5.74, 6) is 0.553. The molecule has 0 radical (unpaired) electrons. The van der Waals surface area contributed by atoms with Crippen molar-refractivity contribution in [1.82, 2.24) is 0 Å². The van der Waals surface area contributed by atoms with E-state index in [0.717, 1.165) is 6.42 Å². The molecule has 5 heteroatoms. The lowest BCUT2D eigenvalue weighted by Gasteiger charge is -2.36. The van der Waals surface area contributed by atoms with Crippen LogP contribution in [0.5, 0.6) is 17.2 Å². The van der Waals surface area contributed by atoms with Crippen LogP contribution in [-0.2, 0) is 19.8 Å². The first-order valence-electron chi connectivity index (χ1n) is 10.4. The average molecular weight is 417 g/mol. The Morgan fingerprint density at radius 3 is 1.87 bits per heavy atom. The number of rotatable bonds is 7. The summed E-state index contributed by atoms with van der Waals surface area (Å²) in [7, 11) is 0. The first kappa shape index (κ1) is 24.0. The zero-order chi connectivity index (χ0) is 22.7. The van der Waals surface area contributed by atoms with Crippen LogP contribution in [0.4, 0.5) is 0 Å². The van der Waals surface area contributed by atoms with Crippen LogP contribution in [-0.4, -0.2) is 20.4 Å². The molecule has 30 heavy (non-hydrogen) atoms. The standard InChI is InChI=1S/C25H36O5/c1-24(2,3)12-21(25(4,5)6)16-7-9-19(10-8-16)30-15-18-11-17(13-26)22(28)20(14-27)23(18)29/h7-11,21,26-29H,12-15H2,1-6H3. The van der Waals surface area contributed by atoms with E-state index in [-0.39, 0.29) is 40.1 Å². The third-order valence-electron chi connectivity index (χ3n) is 5.40. The van der Waals surface area contributed by atoms with Gasteiger partial charge in [-0.15, -0.1) is 0 Å². The second-order valence-corrected chi connectivity index (χ2v) is 10.2. The lowest BCUT2D eigenvalue weighted by molar-refractivity contribution is 0.229. The minimum absolute atomic E-state index is 0.00861. The molecule has 0 aromatic heterocycles. The Labute approximate surface area is 180 Å². The summed E-state index contributed by atoms with van der Waals surface area (Å²) in [6.45, 7) is 12.7. The monoisotopic (exact) mass is 416 g/mol. The number of ether oxygens (including phenoxy) is 1. The summed E-state index contributed by atoms with van der Waals surface area (Å²) in [4.78, 5) is 0. The first-order valence-corrected chi connectivity index (χ1v) is 10.4. The van der Waals surface area contributed by atoms with Crippen molar-refractivity contribution in [2.24, 2.45) is 10.8 Å². The van der Waals surface area contributed by atoms with Gasteiger partial charge in [-0.25, -0.2) is 0 Å². The van der Waals surface area contributed by atoms with Crippen molar-refractivity contribution < 1.29 is 25.2 Å². The van der Waals surface area contributed by atoms with E-state index < -0.39 is 13.2 Å². The highest BCUT2D eigenvalue weighted by atomic mass is 16.5. The van der Waals surface area contributed by atoms with Crippen LogP contribution in [0, 0.1) is 10.8 Å². The summed E-state index contributed by atoms with van der Waals surface area (Å²) >= 11 is 0. The molecular formula is C25H36O5. The number of aliphatic hydroxyl groups is 2. The minimum Gasteiger partial charge on any atom is -0.507 e. The summed E-state index contributed by atoms with van der Waals surface area (Å²) in [5, 5.41) is 39.1. The van der Waals surface area contributed by atoms with Gasteiger partial charge in [0.1, 0.15) is 23.9 Å². The molecule has 0 heterocycles. The second-order valence-electron chi connectivity index (χ2n) is 10.2. The summed E-state index contributed by atoms with van der Waals surface area (Å²) in [5.41, 5.74) is 2.24. The lowest BCUT2D eigenvalue weighted by Crippen LogP contribution is -2.23. The van der Waals surface area contributed by atoms with Gasteiger partial charge in [0.2, 0.25) is 0 Å². The summed E-state index contributed by atoms with van der Waals surface area (Å²) in [6, 6.07) is 9.51. The SMILES string of the molecule is CC(C)(C)CC(c1ccc(OCc2cc(CO)c(O)c(CO)c2O)cc1)C(C)(C)C. The van der Waals surface area contributed by atoms with Gasteiger partial charge in [-0.3, -0.25) is 0 Å². The molecule has 0 aliphatic carbocycles. The Bertz CT molecular complexity index is 842. The van der Waals surface area contributed by atoms with E-state index in [1.807, 2.05) is 12.1 Å². The fraction of sp³-hybridized carbons (Fsp3) is 0.520. The molecule has 0 saturated heterocycles. The summed E-state index contributed by atoms with van der Waals surface area (Å²) < 4.78 is 5.83. The molecule has 1 unspecified atom stereocenters. The zero-order valence-electron chi connectivity index (χ0n) is 19.0. The van der Waals surface area contributed by atoms with E-state index in [0.29, 0.717) is 17.2 Å². The van der Waals surface area contributed by atoms with Gasteiger partial charge in [0, 0.05) is 11.1 Å². The first-order chi connectivity index (χ1) is 13.9. The quantitative estimate of drug-likeness (QED) is 0.496. The van der Waals surface area contributed by atoms with Crippen LogP contribution >= 0.6 is 0 Å². The maximum Gasteiger partial charge on any atom is 0.131 e. The molecule has 2 rings (SSSR count). The molecular weight excluding hydrogens is 380 g/mol. The molecule has 0 aliphatic rings. The molecule has 2 aromatic rings. The largest absolute Gasteiger partial charge is 0.507 e. The Morgan fingerprint density at radius 1 is 0.833 bits per heavy atom. The molecule has 1 atom stereocenters. The van der Waals surface area contributed by atoms with Gasteiger partial charge in [-0.1, -0.05) is 53.7 Å². The Balaban J connectivity index is 2.20. The maximum atomic E-state index is 10.3. The van der Waals surface area contributed by atoms with E-state index in [2.05, 4.69) is 53.7 Å². The predicted octanol–water partition coefficient (Wildman–Crippen LogP) is 5.23. The van der Waals surface area contributed by atoms with Gasteiger partial charge in [-0.2, -0.15) is 0 Å². The van der Waals surface area contributed by atoms with Gasteiger partial charge >= 0.3 is 0 Å². The van der Waals surface area contributed by atoms with Gasteiger partial charge < -0.3 is 25.2 Å². The number of hydrogen-bond acceptors (Lipinski definition) is 5. The van der Waals surface area contributed by atoms with Crippen molar-refractivity contribution in [3.8, 4) is 17.2 Å². The zero-order valence-corrected chi connectivity index (χ0v) is 19.0. The highest BCUT2D eigenvalue weighted by molar-refractivity contribution is 5.53. The third kappa shape index (κ3) is 5.89. The van der Waals surface area contributed by atoms with Gasteiger partial charge in [0.25, 0.3) is 0 Å². The molecule has 5 nitrogen and oxygen atoms in total. The molecule has 2 aromatic carbocycles. The number of benzene rings is 2. The normalized spacial score (nSPS) is 13.3. The van der Waals surface area contributed by atoms with Crippen LogP contribution in [0.15, 0.2) is 30.3 Å². The topological polar surface area (TPSA) is 90.2 Å². The van der Waals surface area contributed by atoms with Crippen LogP contribution in [0.3, 0.4) is 0 Å². The number of phenols is 2. The fourth-order valence-corrected chi connectivity index (χ4v) is 3.72. The molecule has 0 fully saturated rings. The highest BCUT2D eigenvalue weighted by Crippen LogP contribution is 2.43. The summed E-state index contributed by atoms with van der Waals surface area (Å²) in [6.07, 6.45) is 1.08. The molecule has 4 N–H and O–H groups in total. The molecule has 0 bridgehead atoms. The Hall–Kier alpha value is -2.24. The Morgan fingerprint density at radius 2 is 1.40 bits per heavy atom. The Kier molecular flexibility index (Phi) is 7.43. The van der Waals surface area contributed by atoms with E-state index in [9.17, 15) is 20.4 Å². The van der Waals surface area contributed by atoms with E-state index in [1.165, 1.54) is 11.6 Å².